The maximum Gasteiger partial charge on any atom is 0.412 e. The molecule has 0 aliphatic heterocycles. The lowest BCUT2D eigenvalue weighted by Crippen LogP contribution is -2.27. The van der Waals surface area contributed by atoms with E-state index in [0.717, 1.165) is 0 Å². The summed E-state index contributed by atoms with van der Waals surface area (Å²) in [5.41, 5.74) is 1.49. The molecule has 7 nitrogen and oxygen atoms in total. The lowest BCUT2D eigenvalue weighted by Gasteiger charge is -2.19. The summed E-state index contributed by atoms with van der Waals surface area (Å²) in [5, 5.41) is 8.23. The Labute approximate surface area is 177 Å². The summed E-state index contributed by atoms with van der Waals surface area (Å²) in [7, 11) is 0. The molecule has 0 saturated heterocycles. The first-order valence-electron chi connectivity index (χ1n) is 9.83. The predicted octanol–water partition coefficient (Wildman–Crippen LogP) is 5.27. The average Bonchev–Trinajstić information content (AvgIpc) is 2.61. The second kappa shape index (κ2) is 9.91. The van der Waals surface area contributed by atoms with Crippen molar-refractivity contribution in [3.63, 3.8) is 0 Å². The molecule has 3 amide bonds. The van der Waals surface area contributed by atoms with Crippen LogP contribution in [0.3, 0.4) is 0 Å². The van der Waals surface area contributed by atoms with Crippen LogP contribution in [0.2, 0.25) is 0 Å². The topological polar surface area (TPSA) is 96.5 Å². The summed E-state index contributed by atoms with van der Waals surface area (Å²) in [6, 6.07) is 13.5. The Bertz CT molecular complexity index is 899. The van der Waals surface area contributed by atoms with E-state index in [1.54, 1.807) is 69.3 Å². The van der Waals surface area contributed by atoms with Crippen LogP contribution in [0.25, 0.3) is 0 Å². The lowest BCUT2D eigenvalue weighted by atomic mass is 10.1. The molecule has 0 aliphatic carbocycles. The van der Waals surface area contributed by atoms with E-state index >= 15 is 0 Å². The van der Waals surface area contributed by atoms with Crippen LogP contribution in [0.4, 0.5) is 21.9 Å². The molecule has 0 fully saturated rings. The van der Waals surface area contributed by atoms with E-state index in [2.05, 4.69) is 16.0 Å². The van der Waals surface area contributed by atoms with Gasteiger partial charge in [-0.2, -0.15) is 0 Å². The number of nitrogens with one attached hydrogen (secondary N) is 3. The molecule has 0 atom stereocenters. The quantitative estimate of drug-likeness (QED) is 0.603. The summed E-state index contributed by atoms with van der Waals surface area (Å²) < 4.78 is 5.22. The molecule has 0 heterocycles. The summed E-state index contributed by atoms with van der Waals surface area (Å²) in [5.74, 6) is -0.0837. The second-order valence-electron chi connectivity index (χ2n) is 8.39. The van der Waals surface area contributed by atoms with E-state index in [4.69, 9.17) is 4.74 Å². The van der Waals surface area contributed by atoms with Crippen molar-refractivity contribution < 1.29 is 19.1 Å². The van der Waals surface area contributed by atoms with Crippen LogP contribution in [-0.2, 0) is 9.53 Å². The fraction of sp³-hybridized carbons (Fsp3) is 0.348. The molecule has 2 aromatic rings. The molecule has 3 N–H and O–H groups in total. The van der Waals surface area contributed by atoms with Crippen molar-refractivity contribution in [2.45, 2.75) is 46.6 Å². The zero-order valence-corrected chi connectivity index (χ0v) is 18.0. The smallest absolute Gasteiger partial charge is 0.412 e. The molecule has 0 aromatic heterocycles. The molecule has 0 aliphatic rings. The van der Waals surface area contributed by atoms with Crippen molar-refractivity contribution in [1.82, 2.24) is 0 Å². The average molecular weight is 412 g/mol. The zero-order valence-electron chi connectivity index (χ0n) is 18.0. The number of hydrogen-bond donors (Lipinski definition) is 3. The first-order chi connectivity index (χ1) is 14.0. The van der Waals surface area contributed by atoms with Gasteiger partial charge in [-0.3, -0.25) is 14.9 Å². The number of ether oxygens (including phenoxy) is 1. The molecular formula is C23H29N3O4. The van der Waals surface area contributed by atoms with E-state index in [-0.39, 0.29) is 17.7 Å². The summed E-state index contributed by atoms with van der Waals surface area (Å²) in [6.45, 7) is 9.29. The fourth-order valence-electron chi connectivity index (χ4n) is 2.58. The fourth-order valence-corrected chi connectivity index (χ4v) is 2.58. The summed E-state index contributed by atoms with van der Waals surface area (Å²) in [4.78, 5) is 36.3. The summed E-state index contributed by atoms with van der Waals surface area (Å²) >= 11 is 0. The number of hydrogen-bond acceptors (Lipinski definition) is 4. The number of carbonyl (C=O) groups excluding carboxylic acids is 3. The minimum Gasteiger partial charge on any atom is -0.444 e. The van der Waals surface area contributed by atoms with Crippen molar-refractivity contribution in [2.24, 2.45) is 5.92 Å². The maximum absolute atomic E-state index is 12.5. The third-order valence-corrected chi connectivity index (χ3v) is 3.79. The second-order valence-corrected chi connectivity index (χ2v) is 8.39. The van der Waals surface area contributed by atoms with Gasteiger partial charge in [0, 0.05) is 29.0 Å². The number of rotatable bonds is 6. The molecular weight excluding hydrogens is 382 g/mol. The van der Waals surface area contributed by atoms with Gasteiger partial charge >= 0.3 is 6.09 Å². The highest BCUT2D eigenvalue weighted by Gasteiger charge is 2.16. The maximum atomic E-state index is 12.5. The highest BCUT2D eigenvalue weighted by atomic mass is 16.6. The van der Waals surface area contributed by atoms with Crippen molar-refractivity contribution in [3.8, 4) is 0 Å². The standard InChI is InChI=1S/C23H29N3O4/c1-15(2)13-20(27)24-17-9-11-18(12-10-17)25-21(28)16-7-6-8-19(14-16)26-22(29)30-23(3,4)5/h6-12,14-15H,13H2,1-5H3,(H,24,27)(H,25,28)(H,26,29). The van der Waals surface area contributed by atoms with Gasteiger partial charge in [0.15, 0.2) is 0 Å². The van der Waals surface area contributed by atoms with E-state index in [9.17, 15) is 14.4 Å². The van der Waals surface area contributed by atoms with E-state index in [1.165, 1.54) is 0 Å². The minimum absolute atomic E-state index is 0.0453. The first kappa shape index (κ1) is 22.9. The van der Waals surface area contributed by atoms with Gasteiger partial charge in [-0.25, -0.2) is 4.79 Å². The Morgan fingerprint density at radius 2 is 1.47 bits per heavy atom. The highest BCUT2D eigenvalue weighted by Crippen LogP contribution is 2.18. The van der Waals surface area contributed by atoms with Crippen LogP contribution in [0.15, 0.2) is 48.5 Å². The van der Waals surface area contributed by atoms with Crippen LogP contribution in [0.1, 0.15) is 51.4 Å². The highest BCUT2D eigenvalue weighted by molar-refractivity contribution is 6.05. The van der Waals surface area contributed by atoms with E-state index < -0.39 is 11.7 Å². The molecule has 7 heteroatoms. The Morgan fingerprint density at radius 1 is 0.867 bits per heavy atom. The Morgan fingerprint density at radius 3 is 2.03 bits per heavy atom. The molecule has 0 spiro atoms. The van der Waals surface area contributed by atoms with Crippen molar-refractivity contribution in [3.05, 3.63) is 54.1 Å². The predicted molar refractivity (Wildman–Crippen MR) is 119 cm³/mol. The molecule has 2 aromatic carbocycles. The van der Waals surface area contributed by atoms with Gasteiger partial charge in [-0.15, -0.1) is 0 Å². The summed E-state index contributed by atoms with van der Waals surface area (Å²) in [6.07, 6.45) is -0.137. The molecule has 0 saturated carbocycles. The van der Waals surface area contributed by atoms with E-state index in [0.29, 0.717) is 29.0 Å². The monoisotopic (exact) mass is 411 g/mol. The van der Waals surface area contributed by atoms with Gasteiger partial charge in [0.25, 0.3) is 5.91 Å². The van der Waals surface area contributed by atoms with Crippen LogP contribution < -0.4 is 16.0 Å². The normalized spacial score (nSPS) is 11.0. The molecule has 0 unspecified atom stereocenters. The Kier molecular flexibility index (Phi) is 7.58. The molecule has 30 heavy (non-hydrogen) atoms. The SMILES string of the molecule is CC(C)CC(=O)Nc1ccc(NC(=O)c2cccc(NC(=O)OC(C)(C)C)c2)cc1. The van der Waals surface area contributed by atoms with Gasteiger partial charge in [0.1, 0.15) is 5.60 Å². The van der Waals surface area contributed by atoms with Crippen LogP contribution >= 0.6 is 0 Å². The van der Waals surface area contributed by atoms with Gasteiger partial charge in [-0.1, -0.05) is 19.9 Å². The Balaban J connectivity index is 1.97. The number of amides is 3. The van der Waals surface area contributed by atoms with Crippen molar-refractivity contribution in [1.29, 1.82) is 0 Å². The van der Waals surface area contributed by atoms with Gasteiger partial charge < -0.3 is 15.4 Å². The van der Waals surface area contributed by atoms with Gasteiger partial charge in [-0.05, 0) is 69.2 Å². The van der Waals surface area contributed by atoms with Crippen LogP contribution in [-0.4, -0.2) is 23.5 Å². The first-order valence-corrected chi connectivity index (χ1v) is 9.83. The molecule has 2 rings (SSSR count). The Hall–Kier alpha value is -3.35. The number of carbonyl (C=O) groups is 3. The molecule has 160 valence electrons. The van der Waals surface area contributed by atoms with Gasteiger partial charge in [0.2, 0.25) is 5.91 Å². The molecule has 0 bridgehead atoms. The minimum atomic E-state index is -0.612. The van der Waals surface area contributed by atoms with Crippen molar-refractivity contribution >= 4 is 35.0 Å². The van der Waals surface area contributed by atoms with Crippen LogP contribution in [0.5, 0.6) is 0 Å². The largest absolute Gasteiger partial charge is 0.444 e. The van der Waals surface area contributed by atoms with Gasteiger partial charge in [0.05, 0.1) is 0 Å². The van der Waals surface area contributed by atoms with Crippen molar-refractivity contribution in [2.75, 3.05) is 16.0 Å². The van der Waals surface area contributed by atoms with Crippen LogP contribution in [0, 0.1) is 5.92 Å². The third kappa shape index (κ3) is 7.95. The number of anilines is 3. The zero-order chi connectivity index (χ0) is 22.3. The number of benzene rings is 2. The van der Waals surface area contributed by atoms with E-state index in [1.807, 2.05) is 13.8 Å². The lowest BCUT2D eigenvalue weighted by molar-refractivity contribution is -0.116. The third-order valence-electron chi connectivity index (χ3n) is 3.79. The molecule has 0 radical (unpaired) electrons.